The molecule has 0 aliphatic carbocycles. The predicted octanol–water partition coefficient (Wildman–Crippen LogP) is 4.20. The number of hydrogen-bond donors (Lipinski definition) is 1. The summed E-state index contributed by atoms with van der Waals surface area (Å²) in [7, 11) is 0. The molecule has 27 heavy (non-hydrogen) atoms. The van der Waals surface area contributed by atoms with Crippen LogP contribution in [0.5, 0.6) is 5.75 Å². The quantitative estimate of drug-likeness (QED) is 0.748. The van der Waals surface area contributed by atoms with Gasteiger partial charge < -0.3 is 15.0 Å². The lowest BCUT2D eigenvalue weighted by molar-refractivity contribution is -0.120. The maximum atomic E-state index is 12.0. The Morgan fingerprint density at radius 2 is 1.81 bits per heavy atom. The largest absolute Gasteiger partial charge is 0.490 e. The summed E-state index contributed by atoms with van der Waals surface area (Å²) in [5.41, 5.74) is 1.04. The first kappa shape index (κ1) is 20.0. The van der Waals surface area contributed by atoms with Crippen molar-refractivity contribution < 1.29 is 9.53 Å². The molecular weight excluding hydrogens is 383 g/mol. The first-order valence-electron chi connectivity index (χ1n) is 9.25. The fraction of sp³-hybridized carbons (Fsp3) is 0.381. The molecule has 4 nitrogen and oxygen atoms in total. The molecule has 0 spiro atoms. The molecule has 1 aliphatic rings. The van der Waals surface area contributed by atoms with Crippen molar-refractivity contribution in [2.24, 2.45) is 0 Å². The highest BCUT2D eigenvalue weighted by Gasteiger charge is 2.20. The molecule has 1 saturated heterocycles. The number of nitrogens with zero attached hydrogens (tertiary/aromatic N) is 1. The average molecular weight is 407 g/mol. The van der Waals surface area contributed by atoms with E-state index in [2.05, 4.69) is 10.2 Å². The Hall–Kier alpha value is -1.75. The zero-order valence-corrected chi connectivity index (χ0v) is 16.7. The van der Waals surface area contributed by atoms with Crippen LogP contribution in [-0.4, -0.2) is 43.1 Å². The number of benzene rings is 2. The fourth-order valence-corrected chi connectivity index (χ4v) is 3.48. The van der Waals surface area contributed by atoms with Crippen LogP contribution in [0.3, 0.4) is 0 Å². The third kappa shape index (κ3) is 6.42. The van der Waals surface area contributed by atoms with Gasteiger partial charge in [-0.25, -0.2) is 0 Å². The summed E-state index contributed by atoms with van der Waals surface area (Å²) in [5, 5.41) is 4.05. The minimum absolute atomic E-state index is 0.0686. The summed E-state index contributed by atoms with van der Waals surface area (Å²) in [6.45, 7) is 3.45. The van der Waals surface area contributed by atoms with Gasteiger partial charge in [-0.05, 0) is 30.5 Å². The van der Waals surface area contributed by atoms with Crippen molar-refractivity contribution in [3.63, 3.8) is 0 Å². The average Bonchev–Trinajstić information content (AvgIpc) is 2.67. The van der Waals surface area contributed by atoms with Gasteiger partial charge in [0.15, 0.2) is 0 Å². The van der Waals surface area contributed by atoms with Crippen LogP contribution in [0.2, 0.25) is 10.0 Å². The highest BCUT2D eigenvalue weighted by Crippen LogP contribution is 2.28. The van der Waals surface area contributed by atoms with Crippen LogP contribution in [0.25, 0.3) is 0 Å². The molecule has 2 aromatic carbocycles. The molecule has 1 amide bonds. The van der Waals surface area contributed by atoms with E-state index in [1.807, 2.05) is 36.4 Å². The van der Waals surface area contributed by atoms with Gasteiger partial charge in [-0.3, -0.25) is 4.79 Å². The molecule has 144 valence electrons. The van der Waals surface area contributed by atoms with E-state index in [1.54, 1.807) is 12.1 Å². The zero-order chi connectivity index (χ0) is 19.1. The van der Waals surface area contributed by atoms with Crippen LogP contribution >= 0.6 is 23.2 Å². The number of carbonyl (C=O) groups excluding carboxylic acids is 1. The van der Waals surface area contributed by atoms with Crippen molar-refractivity contribution in [1.82, 2.24) is 10.2 Å². The molecule has 6 heteroatoms. The first-order valence-corrected chi connectivity index (χ1v) is 10.0. The number of likely N-dealkylation sites (tertiary alicyclic amines) is 1. The van der Waals surface area contributed by atoms with Crippen LogP contribution in [0.15, 0.2) is 48.5 Å². The molecule has 0 radical (unpaired) electrons. The van der Waals surface area contributed by atoms with E-state index in [0.29, 0.717) is 23.0 Å². The van der Waals surface area contributed by atoms with Crippen LogP contribution < -0.4 is 10.1 Å². The van der Waals surface area contributed by atoms with Crippen LogP contribution in [0.4, 0.5) is 0 Å². The smallest absolute Gasteiger partial charge is 0.224 e. The van der Waals surface area contributed by atoms with Crippen molar-refractivity contribution >= 4 is 29.1 Å². The summed E-state index contributed by atoms with van der Waals surface area (Å²) in [4.78, 5) is 14.3. The van der Waals surface area contributed by atoms with E-state index < -0.39 is 0 Å². The van der Waals surface area contributed by atoms with Crippen LogP contribution in [0.1, 0.15) is 18.4 Å². The van der Waals surface area contributed by atoms with E-state index in [-0.39, 0.29) is 12.0 Å². The molecule has 1 fully saturated rings. The highest BCUT2D eigenvalue weighted by molar-refractivity contribution is 6.42. The van der Waals surface area contributed by atoms with E-state index in [4.69, 9.17) is 27.9 Å². The van der Waals surface area contributed by atoms with Crippen LogP contribution in [0, 0.1) is 0 Å². The Labute approximate surface area is 170 Å². The minimum Gasteiger partial charge on any atom is -0.490 e. The third-order valence-corrected chi connectivity index (χ3v) is 5.43. The molecule has 3 rings (SSSR count). The van der Waals surface area contributed by atoms with Gasteiger partial charge in [-0.2, -0.15) is 0 Å². The molecule has 0 atom stereocenters. The van der Waals surface area contributed by atoms with Gasteiger partial charge in [-0.1, -0.05) is 53.5 Å². The van der Waals surface area contributed by atoms with Gasteiger partial charge in [0.2, 0.25) is 5.91 Å². The van der Waals surface area contributed by atoms with Gasteiger partial charge in [-0.15, -0.1) is 0 Å². The van der Waals surface area contributed by atoms with Crippen molar-refractivity contribution in [2.75, 3.05) is 26.2 Å². The lowest BCUT2D eigenvalue weighted by Gasteiger charge is -2.32. The van der Waals surface area contributed by atoms with E-state index in [9.17, 15) is 4.79 Å². The first-order chi connectivity index (χ1) is 13.1. The maximum Gasteiger partial charge on any atom is 0.224 e. The summed E-state index contributed by atoms with van der Waals surface area (Å²) in [6, 6.07) is 15.2. The normalized spacial score (nSPS) is 15.5. The topological polar surface area (TPSA) is 41.6 Å². The van der Waals surface area contributed by atoms with Crippen LogP contribution in [-0.2, 0) is 11.2 Å². The SMILES string of the molecule is O=C(Cc1ccccc1)NCCN1CCC(Oc2ccc(Cl)c(Cl)c2)CC1. The van der Waals surface area contributed by atoms with Crippen molar-refractivity contribution in [1.29, 1.82) is 0 Å². The van der Waals surface area contributed by atoms with Crippen molar-refractivity contribution in [3.8, 4) is 5.75 Å². The molecule has 2 aromatic rings. The number of piperidine rings is 1. The monoisotopic (exact) mass is 406 g/mol. The fourth-order valence-electron chi connectivity index (χ4n) is 3.19. The Balaban J connectivity index is 1.33. The van der Waals surface area contributed by atoms with Gasteiger partial charge in [0.1, 0.15) is 11.9 Å². The lowest BCUT2D eigenvalue weighted by Crippen LogP contribution is -2.42. The number of nitrogens with one attached hydrogen (secondary N) is 1. The van der Waals surface area contributed by atoms with E-state index in [0.717, 1.165) is 43.8 Å². The van der Waals surface area contributed by atoms with E-state index >= 15 is 0 Å². The lowest BCUT2D eigenvalue weighted by atomic mass is 10.1. The maximum absolute atomic E-state index is 12.0. The van der Waals surface area contributed by atoms with Gasteiger partial charge in [0.25, 0.3) is 0 Å². The zero-order valence-electron chi connectivity index (χ0n) is 15.2. The molecule has 0 bridgehead atoms. The Kier molecular flexibility index (Phi) is 7.39. The standard InChI is InChI=1S/C21H24Cl2N2O2/c22-19-7-6-18(15-20(19)23)27-17-8-11-25(12-9-17)13-10-24-21(26)14-16-4-2-1-3-5-16/h1-7,15,17H,8-14H2,(H,24,26). The number of rotatable bonds is 7. The van der Waals surface area contributed by atoms with Gasteiger partial charge in [0, 0.05) is 32.2 Å². The Morgan fingerprint density at radius 3 is 2.52 bits per heavy atom. The molecule has 1 aliphatic heterocycles. The second-order valence-electron chi connectivity index (χ2n) is 6.75. The molecule has 0 aromatic heterocycles. The molecule has 0 saturated carbocycles. The highest BCUT2D eigenvalue weighted by atomic mass is 35.5. The summed E-state index contributed by atoms with van der Waals surface area (Å²) < 4.78 is 6.01. The summed E-state index contributed by atoms with van der Waals surface area (Å²) in [5.74, 6) is 0.829. The third-order valence-electron chi connectivity index (χ3n) is 4.69. The Bertz CT molecular complexity index is 747. The number of ether oxygens (including phenoxy) is 1. The van der Waals surface area contributed by atoms with Crippen molar-refractivity contribution in [3.05, 3.63) is 64.1 Å². The number of hydrogen-bond acceptors (Lipinski definition) is 3. The molecule has 1 N–H and O–H groups in total. The molecule has 0 unspecified atom stereocenters. The van der Waals surface area contributed by atoms with Crippen molar-refractivity contribution in [2.45, 2.75) is 25.4 Å². The summed E-state index contributed by atoms with van der Waals surface area (Å²) >= 11 is 12.0. The number of amides is 1. The van der Waals surface area contributed by atoms with Gasteiger partial charge in [0.05, 0.1) is 16.5 Å². The Morgan fingerprint density at radius 1 is 1.07 bits per heavy atom. The predicted molar refractivity (Wildman–Crippen MR) is 110 cm³/mol. The molecular formula is C21H24Cl2N2O2. The molecule has 1 heterocycles. The second kappa shape index (κ2) is 9.98. The number of halogens is 2. The minimum atomic E-state index is 0.0686. The number of carbonyl (C=O) groups is 1. The van der Waals surface area contributed by atoms with Gasteiger partial charge >= 0.3 is 0 Å². The second-order valence-corrected chi connectivity index (χ2v) is 7.56. The summed E-state index contributed by atoms with van der Waals surface area (Å²) in [6.07, 6.45) is 2.53. The van der Waals surface area contributed by atoms with E-state index in [1.165, 1.54) is 0 Å².